The maximum absolute atomic E-state index is 14.9. The molecule has 0 bridgehead atoms. The Morgan fingerprint density at radius 2 is 2.00 bits per heavy atom. The van der Waals surface area contributed by atoms with Gasteiger partial charge in [-0.2, -0.15) is 0 Å². The standard InChI is InChI=1S/C24H22ClF2N3O4S2/c1-14(31)29-21-4-2-3-17(15-5-7-16(26)8-6-15)18(21)11-34-22-10-20(27)23(9-19(22)25)36(32,33)30-24-12-35-13-28-24/h3,5-10,12-13,18,21,30H,2,4,11H2,1H3,(H,29,31)/t18-,21-/m1/s1. The minimum absolute atomic E-state index is 0.0104. The third-order valence-electron chi connectivity index (χ3n) is 5.66. The number of ether oxygens (including phenoxy) is 1. The maximum atomic E-state index is 14.9. The third kappa shape index (κ3) is 6.03. The molecule has 3 aromatic rings. The molecular weight excluding hydrogens is 532 g/mol. The molecule has 4 rings (SSSR count). The number of sulfonamides is 1. The number of allylic oxidation sites excluding steroid dienone is 1. The van der Waals surface area contributed by atoms with Crippen molar-refractivity contribution in [1.29, 1.82) is 0 Å². The van der Waals surface area contributed by atoms with Crippen molar-refractivity contribution in [1.82, 2.24) is 10.3 Å². The van der Waals surface area contributed by atoms with Gasteiger partial charge in [0.2, 0.25) is 5.91 Å². The van der Waals surface area contributed by atoms with Crippen molar-refractivity contribution in [3.05, 3.63) is 75.6 Å². The fourth-order valence-electron chi connectivity index (χ4n) is 4.06. The molecule has 0 aliphatic heterocycles. The third-order valence-corrected chi connectivity index (χ3v) is 7.91. The highest BCUT2D eigenvalue weighted by Crippen LogP contribution is 2.36. The topological polar surface area (TPSA) is 97.4 Å². The molecule has 12 heteroatoms. The molecule has 1 aromatic heterocycles. The molecular formula is C24H22ClF2N3O4S2. The minimum Gasteiger partial charge on any atom is -0.491 e. The van der Waals surface area contributed by atoms with Gasteiger partial charge < -0.3 is 10.1 Å². The van der Waals surface area contributed by atoms with Crippen LogP contribution in [0.5, 0.6) is 5.75 Å². The Bertz CT molecular complexity index is 1380. The molecule has 7 nitrogen and oxygen atoms in total. The summed E-state index contributed by atoms with van der Waals surface area (Å²) in [4.78, 5) is 15.0. The van der Waals surface area contributed by atoms with E-state index >= 15 is 0 Å². The summed E-state index contributed by atoms with van der Waals surface area (Å²) in [7, 11) is -4.27. The minimum atomic E-state index is -4.27. The first-order chi connectivity index (χ1) is 17.1. The highest BCUT2D eigenvalue weighted by molar-refractivity contribution is 7.92. The van der Waals surface area contributed by atoms with Gasteiger partial charge in [0.05, 0.1) is 17.1 Å². The van der Waals surface area contributed by atoms with E-state index in [0.717, 1.165) is 23.3 Å². The van der Waals surface area contributed by atoms with Crippen LogP contribution in [0, 0.1) is 17.6 Å². The van der Waals surface area contributed by atoms with Crippen molar-refractivity contribution >= 4 is 50.3 Å². The molecule has 2 atom stereocenters. The highest BCUT2D eigenvalue weighted by Gasteiger charge is 2.31. The van der Waals surface area contributed by atoms with Gasteiger partial charge in [0.15, 0.2) is 5.82 Å². The van der Waals surface area contributed by atoms with Crippen LogP contribution < -0.4 is 14.8 Å². The Morgan fingerprint density at radius 3 is 2.67 bits per heavy atom. The number of hydrogen-bond donors (Lipinski definition) is 2. The summed E-state index contributed by atoms with van der Waals surface area (Å²) < 4.78 is 61.6. The zero-order valence-corrected chi connectivity index (χ0v) is 21.4. The van der Waals surface area contributed by atoms with E-state index < -0.39 is 20.7 Å². The molecule has 1 heterocycles. The van der Waals surface area contributed by atoms with E-state index in [4.69, 9.17) is 16.3 Å². The monoisotopic (exact) mass is 553 g/mol. The fourth-order valence-corrected chi connectivity index (χ4v) is 5.99. The fraction of sp³-hybridized carbons (Fsp3) is 0.250. The molecule has 2 N–H and O–H groups in total. The highest BCUT2D eigenvalue weighted by atomic mass is 35.5. The lowest BCUT2D eigenvalue weighted by Crippen LogP contribution is -2.43. The molecule has 1 aliphatic carbocycles. The second kappa shape index (κ2) is 10.9. The number of thiazole rings is 1. The molecule has 36 heavy (non-hydrogen) atoms. The van der Waals surface area contributed by atoms with Crippen molar-refractivity contribution in [3.63, 3.8) is 0 Å². The number of carbonyl (C=O) groups is 1. The predicted octanol–water partition coefficient (Wildman–Crippen LogP) is 5.25. The van der Waals surface area contributed by atoms with Gasteiger partial charge in [0.25, 0.3) is 10.0 Å². The number of anilines is 1. The first-order valence-electron chi connectivity index (χ1n) is 10.9. The van der Waals surface area contributed by atoms with Crippen LogP contribution in [0.3, 0.4) is 0 Å². The Hall–Kier alpha value is -3.02. The first-order valence-corrected chi connectivity index (χ1v) is 13.7. The predicted molar refractivity (Wildman–Crippen MR) is 135 cm³/mol. The van der Waals surface area contributed by atoms with Crippen molar-refractivity contribution in [2.45, 2.75) is 30.7 Å². The zero-order chi connectivity index (χ0) is 25.9. The summed E-state index contributed by atoms with van der Waals surface area (Å²) in [6.07, 6.45) is 3.35. The van der Waals surface area contributed by atoms with Crippen LogP contribution in [0.4, 0.5) is 14.6 Å². The lowest BCUT2D eigenvalue weighted by atomic mass is 9.80. The van der Waals surface area contributed by atoms with Gasteiger partial charge in [0, 0.05) is 30.3 Å². The van der Waals surface area contributed by atoms with Crippen LogP contribution in [0.1, 0.15) is 25.3 Å². The largest absolute Gasteiger partial charge is 0.491 e. The SMILES string of the molecule is CC(=O)N[C@@H]1CCC=C(c2ccc(F)cc2)[C@H]1COc1cc(F)c(S(=O)(=O)Nc2cscn2)cc1Cl. The Kier molecular flexibility index (Phi) is 7.91. The number of amides is 1. The lowest BCUT2D eigenvalue weighted by Gasteiger charge is -2.33. The summed E-state index contributed by atoms with van der Waals surface area (Å²) >= 11 is 7.46. The van der Waals surface area contributed by atoms with Crippen LogP contribution >= 0.6 is 22.9 Å². The van der Waals surface area contributed by atoms with Gasteiger partial charge in [0.1, 0.15) is 22.3 Å². The van der Waals surface area contributed by atoms with Crippen molar-refractivity contribution in [3.8, 4) is 5.75 Å². The van der Waals surface area contributed by atoms with E-state index in [1.807, 2.05) is 6.08 Å². The Balaban J connectivity index is 1.58. The summed E-state index contributed by atoms with van der Waals surface area (Å²) in [5, 5.41) is 4.29. The number of benzene rings is 2. The molecule has 0 saturated carbocycles. The van der Waals surface area contributed by atoms with Crippen LogP contribution in [-0.4, -0.2) is 32.0 Å². The van der Waals surface area contributed by atoms with Gasteiger partial charge >= 0.3 is 0 Å². The van der Waals surface area contributed by atoms with E-state index in [1.165, 1.54) is 41.3 Å². The molecule has 1 amide bonds. The molecule has 0 unspecified atom stereocenters. The normalized spacial score (nSPS) is 17.8. The summed E-state index contributed by atoms with van der Waals surface area (Å²) in [5.74, 6) is -1.96. The number of nitrogens with zero attached hydrogens (tertiary/aromatic N) is 1. The van der Waals surface area contributed by atoms with Gasteiger partial charge in [-0.25, -0.2) is 22.2 Å². The molecule has 1 aliphatic rings. The van der Waals surface area contributed by atoms with Crippen LogP contribution in [0.15, 0.2) is 58.3 Å². The maximum Gasteiger partial charge on any atom is 0.266 e. The average Bonchev–Trinajstić information content (AvgIpc) is 3.32. The van der Waals surface area contributed by atoms with E-state index in [-0.39, 0.29) is 46.9 Å². The smallest absolute Gasteiger partial charge is 0.266 e. The number of nitrogens with one attached hydrogen (secondary N) is 2. The molecule has 2 aromatic carbocycles. The Labute approximate surface area is 216 Å². The van der Waals surface area contributed by atoms with E-state index in [1.54, 1.807) is 12.1 Å². The number of rotatable bonds is 8. The van der Waals surface area contributed by atoms with Gasteiger partial charge in [-0.15, -0.1) is 11.3 Å². The van der Waals surface area contributed by atoms with Crippen LogP contribution in [0.25, 0.3) is 5.57 Å². The van der Waals surface area contributed by atoms with Gasteiger partial charge in [-0.3, -0.25) is 9.52 Å². The van der Waals surface area contributed by atoms with E-state index in [2.05, 4.69) is 15.0 Å². The summed E-state index contributed by atoms with van der Waals surface area (Å²) in [6.45, 7) is 1.43. The number of aromatic nitrogens is 1. The van der Waals surface area contributed by atoms with Crippen molar-refractivity contribution in [2.75, 3.05) is 11.3 Å². The Morgan fingerprint density at radius 1 is 1.25 bits per heavy atom. The summed E-state index contributed by atoms with van der Waals surface area (Å²) in [5.41, 5.74) is 3.06. The van der Waals surface area contributed by atoms with E-state index in [9.17, 15) is 22.0 Å². The quantitative estimate of drug-likeness (QED) is 0.397. The summed E-state index contributed by atoms with van der Waals surface area (Å²) in [6, 6.07) is 7.60. The van der Waals surface area contributed by atoms with Crippen molar-refractivity contribution in [2.24, 2.45) is 5.92 Å². The second-order valence-electron chi connectivity index (χ2n) is 8.16. The molecule has 0 radical (unpaired) electrons. The molecule has 190 valence electrons. The van der Waals surface area contributed by atoms with Gasteiger partial charge in [-0.1, -0.05) is 29.8 Å². The van der Waals surface area contributed by atoms with E-state index in [0.29, 0.717) is 12.8 Å². The zero-order valence-electron chi connectivity index (χ0n) is 19.0. The second-order valence-corrected chi connectivity index (χ2v) is 10.9. The molecule has 0 saturated heterocycles. The number of halogens is 3. The molecule has 0 fully saturated rings. The average molecular weight is 554 g/mol. The van der Waals surface area contributed by atoms with Crippen molar-refractivity contribution < 1.29 is 26.7 Å². The lowest BCUT2D eigenvalue weighted by molar-refractivity contribution is -0.120. The van der Waals surface area contributed by atoms with Crippen LogP contribution in [-0.2, 0) is 14.8 Å². The van der Waals surface area contributed by atoms with Crippen LogP contribution in [0.2, 0.25) is 5.02 Å². The number of hydrogen-bond acceptors (Lipinski definition) is 6. The number of carbonyl (C=O) groups excluding carboxylic acids is 1. The first kappa shape index (κ1) is 26.1. The molecule has 0 spiro atoms. The van der Waals surface area contributed by atoms with Gasteiger partial charge in [-0.05, 0) is 42.2 Å².